The first kappa shape index (κ1) is 18.4. The average Bonchev–Trinajstić information content (AvgIpc) is 3.50. The van der Waals surface area contributed by atoms with E-state index >= 15 is 0 Å². The van der Waals surface area contributed by atoms with Crippen molar-refractivity contribution >= 4 is 5.91 Å². The highest BCUT2D eigenvalue weighted by molar-refractivity contribution is 5.92. The standard InChI is InChI=1S/C21H26N4O4/c26-21(25-5-1-2-6-25)17-14-27-20(22-17)13-24-9-7-23(8-10-24)12-16-3-4-18-19(11-16)29-15-28-18/h3-4,11,14H,1-2,5-10,12-13,15H2. The molecule has 0 bridgehead atoms. The Hall–Kier alpha value is -2.58. The predicted molar refractivity (Wildman–Crippen MR) is 105 cm³/mol. The van der Waals surface area contributed by atoms with Crippen LogP contribution in [0, 0.1) is 0 Å². The Labute approximate surface area is 170 Å². The fraction of sp³-hybridized carbons (Fsp3) is 0.524. The molecular formula is C21H26N4O4. The molecule has 0 N–H and O–H groups in total. The summed E-state index contributed by atoms with van der Waals surface area (Å²) < 4.78 is 16.4. The summed E-state index contributed by atoms with van der Waals surface area (Å²) in [5, 5.41) is 0. The van der Waals surface area contributed by atoms with Gasteiger partial charge in [0.1, 0.15) is 6.26 Å². The van der Waals surface area contributed by atoms with Gasteiger partial charge in [0.25, 0.3) is 5.91 Å². The van der Waals surface area contributed by atoms with Crippen molar-refractivity contribution in [3.05, 3.63) is 41.6 Å². The van der Waals surface area contributed by atoms with Gasteiger partial charge in [-0.05, 0) is 30.5 Å². The molecule has 154 valence electrons. The van der Waals surface area contributed by atoms with Gasteiger partial charge in [0.15, 0.2) is 17.2 Å². The number of benzene rings is 1. The molecule has 29 heavy (non-hydrogen) atoms. The van der Waals surface area contributed by atoms with Gasteiger partial charge < -0.3 is 18.8 Å². The highest BCUT2D eigenvalue weighted by Crippen LogP contribution is 2.32. The Balaban J connectivity index is 1.11. The third kappa shape index (κ3) is 4.09. The van der Waals surface area contributed by atoms with Gasteiger partial charge in [0.05, 0.1) is 6.54 Å². The van der Waals surface area contributed by atoms with Crippen LogP contribution in [-0.4, -0.2) is 71.7 Å². The summed E-state index contributed by atoms with van der Waals surface area (Å²) in [7, 11) is 0. The second kappa shape index (κ2) is 8.04. The van der Waals surface area contributed by atoms with Crippen molar-refractivity contribution in [2.45, 2.75) is 25.9 Å². The molecule has 0 saturated carbocycles. The minimum Gasteiger partial charge on any atom is -0.454 e. The highest BCUT2D eigenvalue weighted by atomic mass is 16.7. The van der Waals surface area contributed by atoms with Crippen LogP contribution in [0.4, 0.5) is 0 Å². The largest absolute Gasteiger partial charge is 0.454 e. The maximum atomic E-state index is 12.4. The number of hydrogen-bond acceptors (Lipinski definition) is 7. The molecule has 3 aliphatic heterocycles. The molecule has 0 radical (unpaired) electrons. The smallest absolute Gasteiger partial charge is 0.275 e. The summed E-state index contributed by atoms with van der Waals surface area (Å²) >= 11 is 0. The quantitative estimate of drug-likeness (QED) is 0.762. The number of rotatable bonds is 5. The van der Waals surface area contributed by atoms with Gasteiger partial charge in [0.2, 0.25) is 12.7 Å². The van der Waals surface area contributed by atoms with Crippen LogP contribution in [-0.2, 0) is 13.1 Å². The zero-order valence-corrected chi connectivity index (χ0v) is 16.5. The number of likely N-dealkylation sites (tertiary alicyclic amines) is 1. The van der Waals surface area contributed by atoms with Crippen LogP contribution >= 0.6 is 0 Å². The molecule has 8 nitrogen and oxygen atoms in total. The molecule has 1 amide bonds. The molecular weight excluding hydrogens is 372 g/mol. The van der Waals surface area contributed by atoms with Gasteiger partial charge in [0, 0.05) is 45.8 Å². The molecule has 0 unspecified atom stereocenters. The number of nitrogens with zero attached hydrogens (tertiary/aromatic N) is 4. The first-order valence-electron chi connectivity index (χ1n) is 10.3. The maximum absolute atomic E-state index is 12.4. The molecule has 0 spiro atoms. The minimum atomic E-state index is -0.00829. The lowest BCUT2D eigenvalue weighted by Crippen LogP contribution is -2.45. The lowest BCUT2D eigenvalue weighted by Gasteiger charge is -2.34. The Kier molecular flexibility index (Phi) is 5.12. The number of fused-ring (bicyclic) bond motifs is 1. The Bertz CT molecular complexity index is 869. The monoisotopic (exact) mass is 398 g/mol. The van der Waals surface area contributed by atoms with Crippen molar-refractivity contribution in [2.24, 2.45) is 0 Å². The average molecular weight is 398 g/mol. The molecule has 3 aliphatic rings. The fourth-order valence-corrected chi connectivity index (χ4v) is 4.16. The number of oxazole rings is 1. The van der Waals surface area contributed by atoms with Crippen LogP contribution in [0.1, 0.15) is 34.8 Å². The second-order valence-corrected chi connectivity index (χ2v) is 7.87. The Morgan fingerprint density at radius 2 is 1.66 bits per heavy atom. The van der Waals surface area contributed by atoms with E-state index < -0.39 is 0 Å². The highest BCUT2D eigenvalue weighted by Gasteiger charge is 2.24. The topological polar surface area (TPSA) is 71.3 Å². The summed E-state index contributed by atoms with van der Waals surface area (Å²) in [4.78, 5) is 23.5. The molecule has 8 heteroatoms. The number of piperazine rings is 1. The summed E-state index contributed by atoms with van der Waals surface area (Å²) in [5.41, 5.74) is 1.67. The summed E-state index contributed by atoms with van der Waals surface area (Å²) in [6.07, 6.45) is 3.66. The number of carbonyl (C=O) groups is 1. The lowest BCUT2D eigenvalue weighted by atomic mass is 10.1. The van der Waals surface area contributed by atoms with E-state index in [4.69, 9.17) is 13.9 Å². The summed E-state index contributed by atoms with van der Waals surface area (Å²) in [6, 6.07) is 6.16. The van der Waals surface area contributed by atoms with E-state index in [0.29, 0.717) is 24.9 Å². The van der Waals surface area contributed by atoms with E-state index in [1.165, 1.54) is 11.8 Å². The molecule has 0 aliphatic carbocycles. The van der Waals surface area contributed by atoms with Crippen LogP contribution in [0.3, 0.4) is 0 Å². The zero-order valence-electron chi connectivity index (χ0n) is 16.5. The number of carbonyl (C=O) groups excluding carboxylic acids is 1. The first-order chi connectivity index (χ1) is 14.2. The van der Waals surface area contributed by atoms with Gasteiger partial charge in [-0.15, -0.1) is 0 Å². The van der Waals surface area contributed by atoms with Crippen molar-refractivity contribution in [2.75, 3.05) is 46.1 Å². The molecule has 4 heterocycles. The van der Waals surface area contributed by atoms with Crippen LogP contribution in [0.5, 0.6) is 11.5 Å². The van der Waals surface area contributed by atoms with E-state index in [9.17, 15) is 4.79 Å². The van der Waals surface area contributed by atoms with E-state index in [2.05, 4.69) is 26.9 Å². The molecule has 0 atom stereocenters. The number of aromatic nitrogens is 1. The van der Waals surface area contributed by atoms with Crippen molar-refractivity contribution in [3.8, 4) is 11.5 Å². The molecule has 1 aromatic heterocycles. The molecule has 2 aromatic rings. The minimum absolute atomic E-state index is 0.00829. The third-order valence-electron chi connectivity index (χ3n) is 5.83. The van der Waals surface area contributed by atoms with Crippen molar-refractivity contribution in [1.29, 1.82) is 0 Å². The summed E-state index contributed by atoms with van der Waals surface area (Å²) in [5.74, 6) is 2.28. The number of amides is 1. The number of hydrogen-bond donors (Lipinski definition) is 0. The van der Waals surface area contributed by atoms with Crippen molar-refractivity contribution in [1.82, 2.24) is 19.7 Å². The van der Waals surface area contributed by atoms with Gasteiger partial charge in [-0.25, -0.2) is 4.98 Å². The fourth-order valence-electron chi connectivity index (χ4n) is 4.16. The van der Waals surface area contributed by atoms with E-state index in [1.54, 1.807) is 0 Å². The van der Waals surface area contributed by atoms with Gasteiger partial charge >= 0.3 is 0 Å². The van der Waals surface area contributed by atoms with Crippen molar-refractivity contribution < 1.29 is 18.7 Å². The normalized spacial score (nSPS) is 19.8. The van der Waals surface area contributed by atoms with Gasteiger partial charge in [-0.3, -0.25) is 14.6 Å². The van der Waals surface area contributed by atoms with Crippen LogP contribution in [0.15, 0.2) is 28.9 Å². The molecule has 1 aromatic carbocycles. The molecule has 2 saturated heterocycles. The number of ether oxygens (including phenoxy) is 2. The molecule has 5 rings (SSSR count). The maximum Gasteiger partial charge on any atom is 0.275 e. The zero-order chi connectivity index (χ0) is 19.6. The third-order valence-corrected chi connectivity index (χ3v) is 5.83. The van der Waals surface area contributed by atoms with Crippen LogP contribution < -0.4 is 9.47 Å². The van der Waals surface area contributed by atoms with Crippen molar-refractivity contribution in [3.63, 3.8) is 0 Å². The summed E-state index contributed by atoms with van der Waals surface area (Å²) in [6.45, 7) is 7.36. The van der Waals surface area contributed by atoms with Crippen LogP contribution in [0.2, 0.25) is 0 Å². The SMILES string of the molecule is O=C(c1coc(CN2CCN(Cc3ccc4c(c3)OCO4)CC2)n1)N1CCCC1. The molecule has 2 fully saturated rings. The van der Waals surface area contributed by atoms with E-state index in [-0.39, 0.29) is 5.91 Å². The first-order valence-corrected chi connectivity index (χ1v) is 10.3. The Morgan fingerprint density at radius 1 is 0.931 bits per heavy atom. The predicted octanol–water partition coefficient (Wildman–Crippen LogP) is 1.96. The van der Waals surface area contributed by atoms with E-state index in [1.807, 2.05) is 11.0 Å². The lowest BCUT2D eigenvalue weighted by molar-refractivity contribution is 0.0786. The van der Waals surface area contributed by atoms with Gasteiger partial charge in [-0.1, -0.05) is 6.07 Å². The Morgan fingerprint density at radius 3 is 2.45 bits per heavy atom. The second-order valence-electron chi connectivity index (χ2n) is 7.87. The van der Waals surface area contributed by atoms with E-state index in [0.717, 1.165) is 70.2 Å². The van der Waals surface area contributed by atoms with Crippen LogP contribution in [0.25, 0.3) is 0 Å². The van der Waals surface area contributed by atoms with Gasteiger partial charge in [-0.2, -0.15) is 0 Å².